The number of hydrogen-bond donors (Lipinski definition) is 5. The molecule has 0 spiro atoms. The molecule has 1 aliphatic rings. The first kappa shape index (κ1) is 34.3. The highest BCUT2D eigenvalue weighted by Gasteiger charge is 2.22. The van der Waals surface area contributed by atoms with Crippen LogP contribution in [0.5, 0.6) is 5.75 Å². The van der Waals surface area contributed by atoms with E-state index in [2.05, 4.69) is 26.2 Å². The van der Waals surface area contributed by atoms with Crippen LogP contribution in [0.15, 0.2) is 103 Å². The van der Waals surface area contributed by atoms with Crippen molar-refractivity contribution in [3.63, 3.8) is 0 Å². The topological polar surface area (TPSA) is 132 Å². The highest BCUT2D eigenvalue weighted by atomic mass is 16.6. The minimum absolute atomic E-state index is 0.0825. The molecule has 10 heteroatoms. The number of amides is 2. The molecule has 4 aromatic carbocycles. The van der Waals surface area contributed by atoms with Gasteiger partial charge in [-0.05, 0) is 42.7 Å². The zero-order valence-electron chi connectivity index (χ0n) is 27.0. The van der Waals surface area contributed by atoms with Crippen molar-refractivity contribution >= 4 is 23.5 Å². The van der Waals surface area contributed by atoms with E-state index in [4.69, 9.17) is 4.74 Å². The van der Waals surface area contributed by atoms with E-state index >= 15 is 0 Å². The van der Waals surface area contributed by atoms with E-state index in [1.165, 1.54) is 0 Å². The molecule has 250 valence electrons. The second-order valence-corrected chi connectivity index (χ2v) is 11.7. The van der Waals surface area contributed by atoms with Gasteiger partial charge in [0.05, 0.1) is 12.2 Å². The van der Waals surface area contributed by atoms with Crippen LogP contribution in [0.1, 0.15) is 39.1 Å². The number of likely N-dealkylation sites (tertiary alicyclic amines) is 1. The van der Waals surface area contributed by atoms with Crippen LogP contribution in [0, 0.1) is 0 Å². The standard InChI is InChI=1S/C38H43N5O5/c44-35-16-7-4-11-31(35)26-39-19-20-41-37(46)30-13-8-12-29(25-30)36(45)27-40-21-24-43-22-17-32(18-23-43)48-38(47)42-34-15-6-5-14-33(34)28-9-2-1-3-10-28/h1-16,25,32,39-40,44H,17-24,26-27H2,(H,41,46)(H,42,47). The molecule has 0 saturated carbocycles. The Labute approximate surface area is 281 Å². The summed E-state index contributed by atoms with van der Waals surface area (Å²) < 4.78 is 5.74. The van der Waals surface area contributed by atoms with Gasteiger partial charge in [-0.25, -0.2) is 4.79 Å². The van der Waals surface area contributed by atoms with E-state index in [0.717, 1.165) is 49.2 Å². The number of phenols is 1. The summed E-state index contributed by atoms with van der Waals surface area (Å²) in [5.74, 6) is -0.0924. The zero-order chi connectivity index (χ0) is 33.6. The van der Waals surface area contributed by atoms with E-state index in [0.29, 0.717) is 43.0 Å². The van der Waals surface area contributed by atoms with E-state index < -0.39 is 6.09 Å². The van der Waals surface area contributed by atoms with E-state index in [-0.39, 0.29) is 30.1 Å². The van der Waals surface area contributed by atoms with Gasteiger partial charge in [0, 0.05) is 68.1 Å². The van der Waals surface area contributed by atoms with Crippen molar-refractivity contribution < 1.29 is 24.2 Å². The average molecular weight is 650 g/mol. The van der Waals surface area contributed by atoms with E-state index in [1.807, 2.05) is 66.7 Å². The second-order valence-electron chi connectivity index (χ2n) is 11.7. The number of phenolic OH excluding ortho intramolecular Hbond substituents is 1. The van der Waals surface area contributed by atoms with Crippen LogP contribution in [0.3, 0.4) is 0 Å². The molecular weight excluding hydrogens is 606 g/mol. The zero-order valence-corrected chi connectivity index (χ0v) is 27.0. The Balaban J connectivity index is 0.958. The monoisotopic (exact) mass is 649 g/mol. The number of Topliss-reactive ketones (excluding diaryl/α,β-unsaturated/α-hetero) is 1. The van der Waals surface area contributed by atoms with Crippen molar-refractivity contribution in [2.75, 3.05) is 51.1 Å². The number of benzene rings is 4. The quantitative estimate of drug-likeness (QED) is 0.0892. The summed E-state index contributed by atoms with van der Waals surface area (Å²) in [6, 6.07) is 31.5. The summed E-state index contributed by atoms with van der Waals surface area (Å²) in [5, 5.41) is 22.0. The fraction of sp³-hybridized carbons (Fsp3) is 0.289. The van der Waals surface area contributed by atoms with Crippen LogP contribution in [0.2, 0.25) is 0 Å². The summed E-state index contributed by atoms with van der Waals surface area (Å²) in [6.07, 6.45) is 0.892. The Hall–Kier alpha value is -5.03. The van der Waals surface area contributed by atoms with Crippen molar-refractivity contribution in [1.29, 1.82) is 0 Å². The van der Waals surface area contributed by atoms with Crippen molar-refractivity contribution in [2.45, 2.75) is 25.5 Å². The van der Waals surface area contributed by atoms with E-state index in [9.17, 15) is 19.5 Å². The molecule has 0 atom stereocenters. The number of ether oxygens (including phenoxy) is 1. The predicted molar refractivity (Wildman–Crippen MR) is 187 cm³/mol. The third-order valence-corrected chi connectivity index (χ3v) is 8.29. The van der Waals surface area contributed by atoms with Gasteiger partial charge in [0.1, 0.15) is 11.9 Å². The van der Waals surface area contributed by atoms with Gasteiger partial charge in [-0.15, -0.1) is 0 Å². The molecule has 5 rings (SSSR count). The molecule has 4 aromatic rings. The first-order valence-electron chi connectivity index (χ1n) is 16.4. The lowest BCUT2D eigenvalue weighted by molar-refractivity contribution is 0.0593. The Morgan fingerprint density at radius 2 is 1.50 bits per heavy atom. The van der Waals surface area contributed by atoms with Crippen LogP contribution in [0.25, 0.3) is 11.1 Å². The summed E-state index contributed by atoms with van der Waals surface area (Å²) in [7, 11) is 0. The van der Waals surface area contributed by atoms with Gasteiger partial charge in [0.25, 0.3) is 5.91 Å². The van der Waals surface area contributed by atoms with Gasteiger partial charge in [-0.2, -0.15) is 0 Å². The Morgan fingerprint density at radius 1 is 0.771 bits per heavy atom. The molecule has 0 radical (unpaired) electrons. The number of ketones is 1. The van der Waals surface area contributed by atoms with Crippen LogP contribution >= 0.6 is 0 Å². The number of nitrogens with one attached hydrogen (secondary N) is 4. The molecule has 0 bridgehead atoms. The van der Waals surface area contributed by atoms with Crippen molar-refractivity contribution in [3.8, 4) is 16.9 Å². The normalized spacial score (nSPS) is 13.5. The second kappa shape index (κ2) is 17.8. The number of piperidine rings is 1. The molecule has 1 fully saturated rings. The maximum Gasteiger partial charge on any atom is 0.411 e. The van der Waals surface area contributed by atoms with Gasteiger partial charge in [0.2, 0.25) is 0 Å². The first-order valence-corrected chi connectivity index (χ1v) is 16.4. The number of aromatic hydroxyl groups is 1. The summed E-state index contributed by atoms with van der Waals surface area (Å²) in [5.41, 5.74) is 4.39. The van der Waals surface area contributed by atoms with Gasteiger partial charge < -0.3 is 30.7 Å². The number of hydrogen-bond acceptors (Lipinski definition) is 8. The number of anilines is 1. The molecule has 0 unspecified atom stereocenters. The third kappa shape index (κ3) is 10.2. The molecular formula is C38H43N5O5. The molecule has 10 nitrogen and oxygen atoms in total. The van der Waals surface area contributed by atoms with E-state index in [1.54, 1.807) is 36.4 Å². The minimum Gasteiger partial charge on any atom is -0.508 e. The predicted octanol–water partition coefficient (Wildman–Crippen LogP) is 5.06. The number of para-hydroxylation sites is 2. The lowest BCUT2D eigenvalue weighted by Crippen LogP contribution is -2.42. The molecule has 1 saturated heterocycles. The molecule has 1 heterocycles. The molecule has 0 aromatic heterocycles. The summed E-state index contributed by atoms with van der Waals surface area (Å²) in [4.78, 5) is 40.4. The van der Waals surface area contributed by atoms with Crippen LogP contribution in [-0.2, 0) is 11.3 Å². The maximum atomic E-state index is 12.8. The smallest absolute Gasteiger partial charge is 0.411 e. The Kier molecular flexibility index (Phi) is 12.7. The lowest BCUT2D eigenvalue weighted by atomic mass is 10.0. The van der Waals surface area contributed by atoms with Crippen LogP contribution in [-0.4, -0.2) is 79.7 Å². The molecule has 48 heavy (non-hydrogen) atoms. The average Bonchev–Trinajstić information content (AvgIpc) is 3.12. The lowest BCUT2D eigenvalue weighted by Gasteiger charge is -2.31. The Bertz CT molecular complexity index is 1660. The highest BCUT2D eigenvalue weighted by Crippen LogP contribution is 2.28. The fourth-order valence-electron chi connectivity index (χ4n) is 5.63. The van der Waals surface area contributed by atoms with Gasteiger partial charge in [-0.1, -0.05) is 78.9 Å². The van der Waals surface area contributed by atoms with Gasteiger partial charge in [0.15, 0.2) is 5.78 Å². The van der Waals surface area contributed by atoms with Crippen LogP contribution < -0.4 is 21.3 Å². The summed E-state index contributed by atoms with van der Waals surface area (Å²) >= 11 is 0. The Morgan fingerprint density at radius 3 is 2.31 bits per heavy atom. The minimum atomic E-state index is -0.448. The summed E-state index contributed by atoms with van der Waals surface area (Å²) in [6.45, 7) is 4.63. The van der Waals surface area contributed by atoms with Crippen molar-refractivity contribution in [3.05, 3.63) is 120 Å². The SMILES string of the molecule is O=C(Nc1ccccc1-c1ccccc1)OC1CCN(CCNCC(=O)c2cccc(C(=O)NCCNCc3ccccc3O)c2)CC1. The number of carbonyl (C=O) groups excluding carboxylic acids is 3. The maximum absolute atomic E-state index is 12.8. The largest absolute Gasteiger partial charge is 0.508 e. The number of nitrogens with zero attached hydrogens (tertiary/aromatic N) is 1. The van der Waals surface area contributed by atoms with Crippen molar-refractivity contribution in [2.24, 2.45) is 0 Å². The van der Waals surface area contributed by atoms with Crippen LogP contribution in [0.4, 0.5) is 10.5 Å². The molecule has 5 N–H and O–H groups in total. The van der Waals surface area contributed by atoms with Gasteiger partial charge >= 0.3 is 6.09 Å². The molecule has 2 amide bonds. The number of rotatable bonds is 15. The van der Waals surface area contributed by atoms with Crippen molar-refractivity contribution in [1.82, 2.24) is 20.9 Å². The fourth-order valence-corrected chi connectivity index (χ4v) is 5.63. The third-order valence-electron chi connectivity index (χ3n) is 8.29. The number of carbonyl (C=O) groups is 3. The molecule has 1 aliphatic heterocycles. The highest BCUT2D eigenvalue weighted by molar-refractivity contribution is 6.01. The van der Waals surface area contributed by atoms with Gasteiger partial charge in [-0.3, -0.25) is 14.9 Å². The first-order chi connectivity index (χ1) is 23.5. The molecule has 0 aliphatic carbocycles.